The maximum absolute atomic E-state index is 11.8. The summed E-state index contributed by atoms with van der Waals surface area (Å²) < 4.78 is 5.29. The lowest BCUT2D eigenvalue weighted by molar-refractivity contribution is 0.0288. The van der Waals surface area contributed by atoms with Crippen LogP contribution in [0.3, 0.4) is 0 Å². The van der Waals surface area contributed by atoms with Crippen molar-refractivity contribution >= 4 is 6.09 Å². The number of hydrogen-bond donors (Lipinski definition) is 1. The standard InChI is InChI=1S/C14H18N2O2/c17-13(18-9-12-5-2-1-3-6-12)16-10-14(11-16)7-4-8-15-14/h1-3,5-6,15H,4,7-11H2. The molecule has 0 aliphatic carbocycles. The predicted octanol–water partition coefficient (Wildman–Crippen LogP) is 1.76. The summed E-state index contributed by atoms with van der Waals surface area (Å²) >= 11 is 0. The van der Waals surface area contributed by atoms with Gasteiger partial charge in [0.15, 0.2) is 0 Å². The van der Waals surface area contributed by atoms with Crippen molar-refractivity contribution < 1.29 is 9.53 Å². The maximum Gasteiger partial charge on any atom is 0.410 e. The highest BCUT2D eigenvalue weighted by Gasteiger charge is 2.47. The minimum Gasteiger partial charge on any atom is -0.445 e. The minimum absolute atomic E-state index is 0.196. The van der Waals surface area contributed by atoms with Crippen LogP contribution in [0, 0.1) is 0 Å². The lowest BCUT2D eigenvalue weighted by Crippen LogP contribution is -2.68. The molecule has 4 heteroatoms. The highest BCUT2D eigenvalue weighted by molar-refractivity contribution is 5.69. The Morgan fingerprint density at radius 2 is 2.11 bits per heavy atom. The molecule has 96 valence electrons. The van der Waals surface area contributed by atoms with E-state index in [1.807, 2.05) is 30.3 Å². The van der Waals surface area contributed by atoms with Gasteiger partial charge in [0.1, 0.15) is 6.61 Å². The third kappa shape index (κ3) is 2.20. The Labute approximate surface area is 107 Å². The highest BCUT2D eigenvalue weighted by Crippen LogP contribution is 2.30. The van der Waals surface area contributed by atoms with Crippen LogP contribution in [0.1, 0.15) is 18.4 Å². The van der Waals surface area contributed by atoms with Crippen molar-refractivity contribution in [3.05, 3.63) is 35.9 Å². The zero-order chi connectivity index (χ0) is 12.4. The molecule has 0 bridgehead atoms. The van der Waals surface area contributed by atoms with Crippen molar-refractivity contribution in [1.82, 2.24) is 10.2 Å². The Balaban J connectivity index is 1.46. The molecule has 1 spiro atoms. The molecule has 2 aliphatic heterocycles. The van der Waals surface area contributed by atoms with E-state index in [1.165, 1.54) is 12.8 Å². The first kappa shape index (κ1) is 11.5. The molecule has 4 nitrogen and oxygen atoms in total. The molecule has 1 aromatic rings. The fraction of sp³-hybridized carbons (Fsp3) is 0.500. The van der Waals surface area contributed by atoms with Crippen LogP contribution in [0.4, 0.5) is 4.79 Å². The fourth-order valence-electron chi connectivity index (χ4n) is 2.76. The van der Waals surface area contributed by atoms with E-state index < -0.39 is 0 Å². The van der Waals surface area contributed by atoms with Crippen LogP contribution in [0.5, 0.6) is 0 Å². The number of benzene rings is 1. The first-order chi connectivity index (χ1) is 8.77. The molecule has 0 atom stereocenters. The molecule has 0 aromatic heterocycles. The van der Waals surface area contributed by atoms with Gasteiger partial charge >= 0.3 is 6.09 Å². The highest BCUT2D eigenvalue weighted by atomic mass is 16.6. The Morgan fingerprint density at radius 3 is 2.78 bits per heavy atom. The average molecular weight is 246 g/mol. The smallest absolute Gasteiger partial charge is 0.410 e. The van der Waals surface area contributed by atoms with E-state index >= 15 is 0 Å². The summed E-state index contributed by atoms with van der Waals surface area (Å²) in [5, 5.41) is 3.48. The molecule has 0 saturated carbocycles. The van der Waals surface area contributed by atoms with Crippen LogP contribution in [-0.4, -0.2) is 36.2 Å². The van der Waals surface area contributed by atoms with E-state index in [1.54, 1.807) is 4.90 Å². The van der Waals surface area contributed by atoms with Crippen LogP contribution in [0.15, 0.2) is 30.3 Å². The number of nitrogens with zero attached hydrogens (tertiary/aromatic N) is 1. The normalized spacial score (nSPS) is 20.8. The van der Waals surface area contributed by atoms with Gasteiger partial charge in [-0.1, -0.05) is 30.3 Å². The van der Waals surface area contributed by atoms with Gasteiger partial charge in [-0.3, -0.25) is 0 Å². The minimum atomic E-state index is -0.196. The lowest BCUT2D eigenvalue weighted by Gasteiger charge is -2.47. The van der Waals surface area contributed by atoms with Gasteiger partial charge < -0.3 is 15.0 Å². The van der Waals surface area contributed by atoms with Gasteiger partial charge in [-0.2, -0.15) is 0 Å². The number of likely N-dealkylation sites (tertiary alicyclic amines) is 1. The second-order valence-corrected chi connectivity index (χ2v) is 5.21. The summed E-state index contributed by atoms with van der Waals surface area (Å²) in [5.41, 5.74) is 1.23. The molecule has 2 fully saturated rings. The molecule has 1 amide bonds. The maximum atomic E-state index is 11.8. The summed E-state index contributed by atoms with van der Waals surface area (Å²) in [6.45, 7) is 3.02. The summed E-state index contributed by atoms with van der Waals surface area (Å²) in [4.78, 5) is 13.6. The molecule has 2 saturated heterocycles. The summed E-state index contributed by atoms with van der Waals surface area (Å²) in [5.74, 6) is 0. The molecular weight excluding hydrogens is 228 g/mol. The van der Waals surface area contributed by atoms with Crippen LogP contribution < -0.4 is 5.32 Å². The molecule has 18 heavy (non-hydrogen) atoms. The van der Waals surface area contributed by atoms with E-state index in [4.69, 9.17) is 4.74 Å². The van der Waals surface area contributed by atoms with Crippen molar-refractivity contribution in [2.75, 3.05) is 19.6 Å². The van der Waals surface area contributed by atoms with E-state index in [-0.39, 0.29) is 11.6 Å². The van der Waals surface area contributed by atoms with Crippen molar-refractivity contribution in [3.8, 4) is 0 Å². The second-order valence-electron chi connectivity index (χ2n) is 5.21. The Bertz CT molecular complexity index is 419. The second kappa shape index (κ2) is 4.61. The van der Waals surface area contributed by atoms with E-state index in [0.717, 1.165) is 25.2 Å². The SMILES string of the molecule is O=C(OCc1ccccc1)N1CC2(CCCN2)C1. The number of nitrogens with one attached hydrogen (secondary N) is 1. The van der Waals surface area contributed by atoms with Crippen LogP contribution in [-0.2, 0) is 11.3 Å². The molecule has 0 unspecified atom stereocenters. The zero-order valence-corrected chi connectivity index (χ0v) is 10.4. The van der Waals surface area contributed by atoms with E-state index in [0.29, 0.717) is 6.61 Å². The third-order valence-corrected chi connectivity index (χ3v) is 3.78. The van der Waals surface area contributed by atoms with Gasteiger partial charge in [-0.15, -0.1) is 0 Å². The van der Waals surface area contributed by atoms with Crippen molar-refractivity contribution in [2.24, 2.45) is 0 Å². The molecule has 2 heterocycles. The zero-order valence-electron chi connectivity index (χ0n) is 10.4. The van der Waals surface area contributed by atoms with Gasteiger partial charge in [0, 0.05) is 13.1 Å². The number of amides is 1. The number of rotatable bonds is 2. The van der Waals surface area contributed by atoms with Crippen molar-refractivity contribution in [1.29, 1.82) is 0 Å². The molecular formula is C14H18N2O2. The Hall–Kier alpha value is -1.55. The number of carbonyl (C=O) groups is 1. The summed E-state index contributed by atoms with van der Waals surface area (Å²) in [7, 11) is 0. The molecule has 2 aliphatic rings. The fourth-order valence-corrected chi connectivity index (χ4v) is 2.76. The van der Waals surface area contributed by atoms with Gasteiger partial charge in [0.25, 0.3) is 0 Å². The molecule has 1 aromatic carbocycles. The Morgan fingerprint density at radius 1 is 1.33 bits per heavy atom. The van der Waals surface area contributed by atoms with Crippen LogP contribution >= 0.6 is 0 Å². The van der Waals surface area contributed by atoms with Crippen LogP contribution in [0.25, 0.3) is 0 Å². The van der Waals surface area contributed by atoms with Crippen LogP contribution in [0.2, 0.25) is 0 Å². The largest absolute Gasteiger partial charge is 0.445 e. The van der Waals surface area contributed by atoms with E-state index in [9.17, 15) is 4.79 Å². The van der Waals surface area contributed by atoms with Gasteiger partial charge in [0.05, 0.1) is 5.54 Å². The first-order valence-electron chi connectivity index (χ1n) is 6.48. The van der Waals surface area contributed by atoms with Gasteiger partial charge in [0.2, 0.25) is 0 Å². The first-order valence-corrected chi connectivity index (χ1v) is 6.48. The lowest BCUT2D eigenvalue weighted by atomic mass is 9.89. The molecule has 1 N–H and O–H groups in total. The quantitative estimate of drug-likeness (QED) is 0.864. The Kier molecular flexibility index (Phi) is 2.96. The number of carbonyl (C=O) groups excluding carboxylic acids is 1. The van der Waals surface area contributed by atoms with Gasteiger partial charge in [-0.25, -0.2) is 4.79 Å². The monoisotopic (exact) mass is 246 g/mol. The average Bonchev–Trinajstić information content (AvgIpc) is 2.85. The van der Waals surface area contributed by atoms with Crippen molar-refractivity contribution in [3.63, 3.8) is 0 Å². The van der Waals surface area contributed by atoms with E-state index in [2.05, 4.69) is 5.32 Å². The molecule has 3 rings (SSSR count). The summed E-state index contributed by atoms with van der Waals surface area (Å²) in [6, 6.07) is 9.78. The molecule has 0 radical (unpaired) electrons. The summed E-state index contributed by atoms with van der Waals surface area (Å²) in [6.07, 6.45) is 2.20. The van der Waals surface area contributed by atoms with Crippen molar-refractivity contribution in [2.45, 2.75) is 25.0 Å². The predicted molar refractivity (Wildman–Crippen MR) is 68.2 cm³/mol. The third-order valence-electron chi connectivity index (χ3n) is 3.78. The number of ether oxygens (including phenoxy) is 1. The number of hydrogen-bond acceptors (Lipinski definition) is 3. The topological polar surface area (TPSA) is 41.6 Å². The van der Waals surface area contributed by atoms with Gasteiger partial charge in [-0.05, 0) is 24.9 Å².